The molecule has 0 bridgehead atoms. The van der Waals surface area contributed by atoms with Gasteiger partial charge in [-0.15, -0.1) is 0 Å². The summed E-state index contributed by atoms with van der Waals surface area (Å²) in [5.41, 5.74) is 1.60. The molecule has 26 heavy (non-hydrogen) atoms. The molecular formula is C21H23NO4. The Morgan fingerprint density at radius 2 is 2.15 bits per heavy atom. The van der Waals surface area contributed by atoms with Crippen molar-refractivity contribution in [3.8, 4) is 11.5 Å². The van der Waals surface area contributed by atoms with Gasteiger partial charge in [0.15, 0.2) is 0 Å². The highest BCUT2D eigenvalue weighted by molar-refractivity contribution is 5.79. The minimum Gasteiger partial charge on any atom is -0.497 e. The fourth-order valence-electron chi connectivity index (χ4n) is 4.13. The number of carbonyl (C=O) groups excluding carboxylic acids is 1. The minimum absolute atomic E-state index is 0.00887. The van der Waals surface area contributed by atoms with E-state index in [1.165, 1.54) is 0 Å². The molecule has 0 spiro atoms. The van der Waals surface area contributed by atoms with Crippen LogP contribution in [0, 0.1) is 5.41 Å². The molecule has 1 saturated heterocycles. The van der Waals surface area contributed by atoms with Gasteiger partial charge in [-0.2, -0.15) is 0 Å². The van der Waals surface area contributed by atoms with Crippen LogP contribution in [-0.4, -0.2) is 49.3 Å². The predicted molar refractivity (Wildman–Crippen MR) is 97.5 cm³/mol. The molecule has 0 radical (unpaired) electrons. The first-order valence-corrected chi connectivity index (χ1v) is 8.88. The quantitative estimate of drug-likeness (QED) is 0.916. The number of ether oxygens (including phenoxy) is 2. The monoisotopic (exact) mass is 353 g/mol. The number of aliphatic hydroxyl groups excluding tert-OH is 1. The molecule has 136 valence electrons. The lowest BCUT2D eigenvalue weighted by molar-refractivity contribution is -0.130. The number of hydrogen-bond acceptors (Lipinski definition) is 4. The minimum atomic E-state index is -0.418. The van der Waals surface area contributed by atoms with Crippen LogP contribution in [0.25, 0.3) is 0 Å². The lowest BCUT2D eigenvalue weighted by Crippen LogP contribution is -2.42. The number of rotatable bonds is 4. The van der Waals surface area contributed by atoms with Gasteiger partial charge in [0.1, 0.15) is 11.5 Å². The largest absolute Gasteiger partial charge is 0.497 e. The van der Waals surface area contributed by atoms with Crippen molar-refractivity contribution in [3.05, 3.63) is 59.7 Å². The summed E-state index contributed by atoms with van der Waals surface area (Å²) in [5.74, 6) is 1.79. The number of carbonyl (C=O) groups is 1. The predicted octanol–water partition coefficient (Wildman–Crippen LogP) is 2.23. The highest BCUT2D eigenvalue weighted by Gasteiger charge is 2.51. The lowest BCUT2D eigenvalue weighted by atomic mass is 9.74. The van der Waals surface area contributed by atoms with Crippen LogP contribution in [0.2, 0.25) is 0 Å². The number of fused-ring (bicyclic) bond motifs is 3. The Morgan fingerprint density at radius 3 is 2.96 bits per heavy atom. The summed E-state index contributed by atoms with van der Waals surface area (Å²) in [6, 6.07) is 15.5. The molecule has 5 nitrogen and oxygen atoms in total. The third-order valence-electron chi connectivity index (χ3n) is 5.61. The van der Waals surface area contributed by atoms with E-state index in [1.54, 1.807) is 7.11 Å². The van der Waals surface area contributed by atoms with Crippen LogP contribution >= 0.6 is 0 Å². The van der Waals surface area contributed by atoms with Crippen LogP contribution in [0.5, 0.6) is 11.5 Å². The summed E-state index contributed by atoms with van der Waals surface area (Å²) >= 11 is 0. The van der Waals surface area contributed by atoms with Gasteiger partial charge in [-0.25, -0.2) is 0 Å². The van der Waals surface area contributed by atoms with Crippen molar-refractivity contribution in [3.63, 3.8) is 0 Å². The highest BCUT2D eigenvalue weighted by atomic mass is 16.5. The normalized spacial score (nSPS) is 23.8. The molecule has 1 N–H and O–H groups in total. The molecule has 2 aliphatic rings. The number of benzene rings is 2. The van der Waals surface area contributed by atoms with E-state index in [2.05, 4.69) is 0 Å². The number of hydrogen-bond donors (Lipinski definition) is 1. The van der Waals surface area contributed by atoms with Crippen LogP contribution in [0.1, 0.15) is 17.0 Å². The summed E-state index contributed by atoms with van der Waals surface area (Å²) in [6.45, 7) is 1.58. The highest BCUT2D eigenvalue weighted by Crippen LogP contribution is 2.49. The molecule has 2 aromatic carbocycles. The van der Waals surface area contributed by atoms with E-state index < -0.39 is 5.41 Å². The Kier molecular flexibility index (Phi) is 4.32. The zero-order chi connectivity index (χ0) is 18.1. The smallest absolute Gasteiger partial charge is 0.227 e. The second kappa shape index (κ2) is 6.65. The van der Waals surface area contributed by atoms with Gasteiger partial charge in [-0.05, 0) is 29.3 Å². The maximum Gasteiger partial charge on any atom is 0.227 e. The third-order valence-corrected chi connectivity index (χ3v) is 5.61. The van der Waals surface area contributed by atoms with Gasteiger partial charge >= 0.3 is 0 Å². The van der Waals surface area contributed by atoms with Crippen molar-refractivity contribution in [2.45, 2.75) is 12.3 Å². The molecule has 4 rings (SSSR count). The molecule has 5 heteroatoms. The molecule has 1 fully saturated rings. The average molecular weight is 353 g/mol. The fourth-order valence-corrected chi connectivity index (χ4v) is 4.13. The topological polar surface area (TPSA) is 59.0 Å². The van der Waals surface area contributed by atoms with E-state index >= 15 is 0 Å². The van der Waals surface area contributed by atoms with E-state index in [0.29, 0.717) is 26.1 Å². The zero-order valence-corrected chi connectivity index (χ0v) is 14.9. The van der Waals surface area contributed by atoms with Gasteiger partial charge in [-0.3, -0.25) is 4.79 Å². The van der Waals surface area contributed by atoms with E-state index in [-0.39, 0.29) is 18.4 Å². The Hall–Kier alpha value is -2.53. The first kappa shape index (κ1) is 16.9. The molecule has 0 unspecified atom stereocenters. The Balaban J connectivity index is 1.55. The molecule has 2 aliphatic heterocycles. The number of amides is 1. The van der Waals surface area contributed by atoms with Crippen LogP contribution in [0.3, 0.4) is 0 Å². The van der Waals surface area contributed by atoms with Gasteiger partial charge in [0.25, 0.3) is 0 Å². The van der Waals surface area contributed by atoms with Crippen LogP contribution in [0.15, 0.2) is 48.5 Å². The van der Waals surface area contributed by atoms with E-state index in [4.69, 9.17) is 9.47 Å². The zero-order valence-electron chi connectivity index (χ0n) is 14.9. The second-order valence-corrected chi connectivity index (χ2v) is 7.20. The van der Waals surface area contributed by atoms with Crippen LogP contribution < -0.4 is 9.47 Å². The fraction of sp³-hybridized carbons (Fsp3) is 0.381. The van der Waals surface area contributed by atoms with E-state index in [1.807, 2.05) is 53.4 Å². The molecule has 2 heterocycles. The van der Waals surface area contributed by atoms with Crippen LogP contribution in [0.4, 0.5) is 0 Å². The Labute approximate surface area is 153 Å². The third kappa shape index (κ3) is 2.82. The van der Waals surface area contributed by atoms with E-state index in [0.717, 1.165) is 22.6 Å². The summed E-state index contributed by atoms with van der Waals surface area (Å²) in [6.07, 6.45) is 0.327. The molecule has 2 aromatic rings. The van der Waals surface area contributed by atoms with Gasteiger partial charge in [0, 0.05) is 19.0 Å². The molecular weight excluding hydrogens is 330 g/mol. The standard InChI is InChI=1S/C21H23NO4/c1-25-16-6-4-5-15(9-16)10-20(24)22-11-18-17-7-2-3-8-19(17)26-14-21(18,12-22)13-23/h2-9,18,23H,10-14H2,1H3/t18-,21-/m1/s1. The number of aliphatic hydroxyl groups is 1. The maximum absolute atomic E-state index is 12.9. The van der Waals surface area contributed by atoms with Crippen molar-refractivity contribution in [2.75, 3.05) is 33.4 Å². The SMILES string of the molecule is COc1cccc(CC(=O)N2C[C@@H]3c4ccccc4OC[C@]3(CO)C2)c1. The van der Waals surface area contributed by atoms with Crippen molar-refractivity contribution < 1.29 is 19.4 Å². The van der Waals surface area contributed by atoms with Gasteiger partial charge in [0.05, 0.1) is 32.2 Å². The summed E-state index contributed by atoms with van der Waals surface area (Å²) in [4.78, 5) is 14.8. The summed E-state index contributed by atoms with van der Waals surface area (Å²) < 4.78 is 11.1. The summed E-state index contributed by atoms with van der Waals surface area (Å²) in [7, 11) is 1.62. The molecule has 0 saturated carbocycles. The van der Waals surface area contributed by atoms with Gasteiger partial charge < -0.3 is 19.5 Å². The summed E-state index contributed by atoms with van der Waals surface area (Å²) in [5, 5.41) is 10.1. The van der Waals surface area contributed by atoms with Gasteiger partial charge in [-0.1, -0.05) is 30.3 Å². The number of para-hydroxylation sites is 1. The first-order chi connectivity index (χ1) is 12.6. The number of likely N-dealkylation sites (tertiary alicyclic amines) is 1. The molecule has 2 atom stereocenters. The van der Waals surface area contributed by atoms with E-state index in [9.17, 15) is 9.90 Å². The van der Waals surface area contributed by atoms with Crippen LogP contribution in [-0.2, 0) is 11.2 Å². The van der Waals surface area contributed by atoms with Crippen molar-refractivity contribution in [1.82, 2.24) is 4.90 Å². The van der Waals surface area contributed by atoms with Gasteiger partial charge in [0.2, 0.25) is 5.91 Å². The average Bonchev–Trinajstić information content (AvgIpc) is 3.09. The molecule has 0 aromatic heterocycles. The molecule has 0 aliphatic carbocycles. The maximum atomic E-state index is 12.9. The van der Waals surface area contributed by atoms with Crippen molar-refractivity contribution >= 4 is 5.91 Å². The number of methoxy groups -OCH3 is 1. The Morgan fingerprint density at radius 1 is 1.31 bits per heavy atom. The Bertz CT molecular complexity index is 821. The lowest BCUT2D eigenvalue weighted by Gasteiger charge is -2.37. The molecule has 1 amide bonds. The van der Waals surface area contributed by atoms with Crippen molar-refractivity contribution in [1.29, 1.82) is 0 Å². The number of nitrogens with zero attached hydrogens (tertiary/aromatic N) is 1. The first-order valence-electron chi connectivity index (χ1n) is 8.88. The second-order valence-electron chi connectivity index (χ2n) is 7.20. The van der Waals surface area contributed by atoms with Crippen molar-refractivity contribution in [2.24, 2.45) is 5.41 Å².